The van der Waals surface area contributed by atoms with Gasteiger partial charge in [0, 0.05) is 33.8 Å². The highest BCUT2D eigenvalue weighted by molar-refractivity contribution is 9.10. The van der Waals surface area contributed by atoms with E-state index in [4.69, 9.17) is 0 Å². The molecule has 224 valence electrons. The SMILES string of the molecule is Brc1cccnc1.c1ccc2c(c1)Cc1ccc3ccccc3c1-2.c1cncc(-n2c3ccccc3c3c4ccccc4ccc32)c1. The normalized spacial score (nSPS) is 11.4. The minimum atomic E-state index is 1.02. The van der Waals surface area contributed by atoms with Crippen molar-refractivity contribution in [1.82, 2.24) is 14.5 Å². The predicted molar refractivity (Wildman–Crippen MR) is 200 cm³/mol. The van der Waals surface area contributed by atoms with E-state index in [1.54, 1.807) is 12.4 Å². The standard InChI is InChI=1S/C21H14N2.C17H12.C5H4BrN/c1-2-8-17-15(6-1)11-12-20-21(17)18-9-3-4-10-19(18)23(20)16-7-5-13-22-14-16;1-3-7-15-12(5-1)9-10-14-11-13-6-2-4-8-16(13)17(14)15;6-5-2-1-3-7-4-5/h1-14H;1-10H,11H2;1-4H. The minimum absolute atomic E-state index is 1.02. The first-order valence-corrected chi connectivity index (χ1v) is 16.5. The van der Waals surface area contributed by atoms with E-state index >= 15 is 0 Å². The largest absolute Gasteiger partial charge is 0.308 e. The molecule has 4 heteroatoms. The quantitative estimate of drug-likeness (QED) is 0.174. The zero-order valence-electron chi connectivity index (χ0n) is 25.6. The summed E-state index contributed by atoms with van der Waals surface area (Å²) in [5, 5.41) is 7.88. The molecule has 0 aliphatic heterocycles. The predicted octanol–water partition coefficient (Wildman–Crippen LogP) is 11.6. The second-order valence-corrected chi connectivity index (χ2v) is 12.5. The van der Waals surface area contributed by atoms with E-state index in [1.807, 2.05) is 30.6 Å². The molecule has 0 N–H and O–H groups in total. The van der Waals surface area contributed by atoms with Crippen molar-refractivity contribution in [3.05, 3.63) is 186 Å². The smallest absolute Gasteiger partial charge is 0.0645 e. The molecule has 0 fully saturated rings. The van der Waals surface area contributed by atoms with Gasteiger partial charge < -0.3 is 4.57 Å². The topological polar surface area (TPSA) is 30.7 Å². The van der Waals surface area contributed by atoms with E-state index in [9.17, 15) is 0 Å². The van der Waals surface area contributed by atoms with Crippen LogP contribution in [0.15, 0.2) is 175 Å². The van der Waals surface area contributed by atoms with Gasteiger partial charge in [-0.1, -0.05) is 109 Å². The van der Waals surface area contributed by atoms with Crippen molar-refractivity contribution in [3.63, 3.8) is 0 Å². The molecule has 0 bridgehead atoms. The van der Waals surface area contributed by atoms with Crippen LogP contribution in [0.4, 0.5) is 0 Å². The second-order valence-electron chi connectivity index (χ2n) is 11.6. The van der Waals surface area contributed by atoms with E-state index in [2.05, 4.69) is 158 Å². The molecule has 6 aromatic carbocycles. The second kappa shape index (κ2) is 12.7. The molecule has 0 amide bonds. The van der Waals surface area contributed by atoms with Crippen molar-refractivity contribution in [2.24, 2.45) is 0 Å². The first-order chi connectivity index (χ1) is 23.3. The molecule has 0 atom stereocenters. The van der Waals surface area contributed by atoms with Crippen LogP contribution in [0.1, 0.15) is 11.1 Å². The molecule has 0 unspecified atom stereocenters. The number of hydrogen-bond donors (Lipinski definition) is 0. The van der Waals surface area contributed by atoms with Gasteiger partial charge in [0.05, 0.1) is 22.9 Å². The highest BCUT2D eigenvalue weighted by atomic mass is 79.9. The lowest BCUT2D eigenvalue weighted by Gasteiger charge is -2.07. The summed E-state index contributed by atoms with van der Waals surface area (Å²) in [7, 11) is 0. The Morgan fingerprint density at radius 2 is 1.15 bits per heavy atom. The van der Waals surface area contributed by atoms with Crippen molar-refractivity contribution in [1.29, 1.82) is 0 Å². The minimum Gasteiger partial charge on any atom is -0.308 e. The van der Waals surface area contributed by atoms with Crippen LogP contribution in [0.3, 0.4) is 0 Å². The maximum absolute atomic E-state index is 4.30. The Labute approximate surface area is 281 Å². The molecule has 3 heterocycles. The molecule has 47 heavy (non-hydrogen) atoms. The van der Waals surface area contributed by atoms with Gasteiger partial charge in [-0.15, -0.1) is 0 Å². The molecule has 9 aromatic rings. The molecular weight excluding hydrogens is 638 g/mol. The summed E-state index contributed by atoms with van der Waals surface area (Å²) in [5.74, 6) is 0. The number of benzene rings is 6. The number of hydrogen-bond acceptors (Lipinski definition) is 2. The van der Waals surface area contributed by atoms with Crippen molar-refractivity contribution >= 4 is 59.3 Å². The lowest BCUT2D eigenvalue weighted by atomic mass is 9.98. The first-order valence-electron chi connectivity index (χ1n) is 15.7. The van der Waals surface area contributed by atoms with Crippen molar-refractivity contribution in [2.45, 2.75) is 6.42 Å². The average Bonchev–Trinajstić information content (AvgIpc) is 3.69. The van der Waals surface area contributed by atoms with Crippen LogP contribution in [0.5, 0.6) is 0 Å². The van der Waals surface area contributed by atoms with Gasteiger partial charge in [0.1, 0.15) is 0 Å². The van der Waals surface area contributed by atoms with E-state index < -0.39 is 0 Å². The fourth-order valence-electron chi connectivity index (χ4n) is 6.75. The van der Waals surface area contributed by atoms with Crippen LogP contribution >= 0.6 is 15.9 Å². The molecule has 3 nitrogen and oxygen atoms in total. The lowest BCUT2D eigenvalue weighted by Crippen LogP contribution is -1.93. The zero-order valence-corrected chi connectivity index (χ0v) is 27.2. The summed E-state index contributed by atoms with van der Waals surface area (Å²) in [6.45, 7) is 0. The third-order valence-corrected chi connectivity index (χ3v) is 9.24. The van der Waals surface area contributed by atoms with Gasteiger partial charge in [-0.25, -0.2) is 0 Å². The number of para-hydroxylation sites is 1. The Balaban J connectivity index is 0.000000118. The molecule has 1 aliphatic rings. The van der Waals surface area contributed by atoms with E-state index in [0.717, 1.165) is 16.6 Å². The number of nitrogens with zero attached hydrogens (tertiary/aromatic N) is 3. The third kappa shape index (κ3) is 5.47. The van der Waals surface area contributed by atoms with Crippen LogP contribution < -0.4 is 0 Å². The molecular formula is C43H30BrN3. The maximum atomic E-state index is 4.30. The van der Waals surface area contributed by atoms with Gasteiger partial charge in [0.15, 0.2) is 0 Å². The fraction of sp³-hybridized carbons (Fsp3) is 0.0233. The molecule has 0 spiro atoms. The highest BCUT2D eigenvalue weighted by Crippen LogP contribution is 2.41. The molecule has 3 aromatic heterocycles. The monoisotopic (exact) mass is 667 g/mol. The van der Waals surface area contributed by atoms with Crippen LogP contribution in [-0.4, -0.2) is 14.5 Å². The summed E-state index contributed by atoms with van der Waals surface area (Å²) in [5.41, 5.74) is 9.31. The van der Waals surface area contributed by atoms with Crippen LogP contribution in [-0.2, 0) is 6.42 Å². The number of rotatable bonds is 1. The Kier molecular flexibility index (Phi) is 7.78. The Morgan fingerprint density at radius 1 is 0.489 bits per heavy atom. The van der Waals surface area contributed by atoms with Gasteiger partial charge in [0.2, 0.25) is 0 Å². The van der Waals surface area contributed by atoms with Gasteiger partial charge in [-0.05, 0) is 103 Å². The number of halogens is 1. The van der Waals surface area contributed by atoms with Crippen molar-refractivity contribution in [3.8, 4) is 16.8 Å². The van der Waals surface area contributed by atoms with Gasteiger partial charge in [-0.2, -0.15) is 0 Å². The summed E-state index contributed by atoms with van der Waals surface area (Å²) in [4.78, 5) is 8.13. The third-order valence-electron chi connectivity index (χ3n) is 8.77. The molecule has 10 rings (SSSR count). The molecule has 0 radical (unpaired) electrons. The van der Waals surface area contributed by atoms with E-state index in [-0.39, 0.29) is 0 Å². The van der Waals surface area contributed by atoms with Crippen molar-refractivity contribution in [2.75, 3.05) is 0 Å². The highest BCUT2D eigenvalue weighted by Gasteiger charge is 2.19. The summed E-state index contributed by atoms with van der Waals surface area (Å²) >= 11 is 3.25. The van der Waals surface area contributed by atoms with Gasteiger partial charge in [0.25, 0.3) is 0 Å². The van der Waals surface area contributed by atoms with Gasteiger partial charge >= 0.3 is 0 Å². The Bertz CT molecular complexity index is 2500. The zero-order chi connectivity index (χ0) is 31.6. The number of aromatic nitrogens is 3. The maximum Gasteiger partial charge on any atom is 0.0645 e. The Morgan fingerprint density at radius 3 is 1.89 bits per heavy atom. The molecule has 1 aliphatic carbocycles. The van der Waals surface area contributed by atoms with Crippen LogP contribution in [0, 0.1) is 0 Å². The Hall–Kier alpha value is -5.58. The van der Waals surface area contributed by atoms with Crippen molar-refractivity contribution < 1.29 is 0 Å². The summed E-state index contributed by atoms with van der Waals surface area (Å²) in [6.07, 6.45) is 8.30. The van der Waals surface area contributed by atoms with E-state index in [0.29, 0.717) is 0 Å². The average molecular weight is 669 g/mol. The first kappa shape index (κ1) is 28.9. The summed E-state index contributed by atoms with van der Waals surface area (Å²) in [6, 6.07) is 51.4. The van der Waals surface area contributed by atoms with Crippen LogP contribution in [0.25, 0.3) is 60.2 Å². The number of fused-ring (bicyclic) bond motifs is 10. The van der Waals surface area contributed by atoms with Crippen LogP contribution in [0.2, 0.25) is 0 Å². The lowest BCUT2D eigenvalue weighted by molar-refractivity contribution is 1.14. The summed E-state index contributed by atoms with van der Waals surface area (Å²) < 4.78 is 3.32. The fourth-order valence-corrected chi connectivity index (χ4v) is 7.02. The van der Waals surface area contributed by atoms with E-state index in [1.165, 1.54) is 65.6 Å². The van der Waals surface area contributed by atoms with Gasteiger partial charge in [-0.3, -0.25) is 9.97 Å². The molecule has 0 saturated heterocycles. The number of pyridine rings is 2. The molecule has 0 saturated carbocycles.